The van der Waals surface area contributed by atoms with Crippen molar-refractivity contribution >= 4 is 23.2 Å². The van der Waals surface area contributed by atoms with Gasteiger partial charge in [-0.3, -0.25) is 0 Å². The lowest BCUT2D eigenvalue weighted by Gasteiger charge is -2.00. The SMILES string of the molecule is CCOc1nc(Cl)nnc1Cl. The van der Waals surface area contributed by atoms with Crippen molar-refractivity contribution in [1.82, 2.24) is 15.2 Å². The molecule has 60 valence electrons. The third kappa shape index (κ3) is 2.17. The van der Waals surface area contributed by atoms with Crippen LogP contribution < -0.4 is 4.74 Å². The highest BCUT2D eigenvalue weighted by molar-refractivity contribution is 6.31. The van der Waals surface area contributed by atoms with Crippen LogP contribution in [0.3, 0.4) is 0 Å². The smallest absolute Gasteiger partial charge is 0.256 e. The van der Waals surface area contributed by atoms with Gasteiger partial charge in [-0.15, -0.1) is 10.2 Å². The summed E-state index contributed by atoms with van der Waals surface area (Å²) in [5, 5.41) is 7.05. The van der Waals surface area contributed by atoms with Crippen molar-refractivity contribution < 1.29 is 4.74 Å². The van der Waals surface area contributed by atoms with E-state index < -0.39 is 0 Å². The van der Waals surface area contributed by atoms with Crippen LogP contribution in [-0.4, -0.2) is 21.8 Å². The van der Waals surface area contributed by atoms with Gasteiger partial charge in [0.15, 0.2) is 0 Å². The highest BCUT2D eigenvalue weighted by atomic mass is 35.5. The third-order valence-electron chi connectivity index (χ3n) is 0.872. The van der Waals surface area contributed by atoms with Crippen molar-refractivity contribution in [2.45, 2.75) is 6.92 Å². The second-order valence-corrected chi connectivity index (χ2v) is 2.31. The van der Waals surface area contributed by atoms with Gasteiger partial charge in [-0.05, 0) is 18.5 Å². The fraction of sp³-hybridized carbons (Fsp3) is 0.400. The molecule has 1 aromatic heterocycles. The van der Waals surface area contributed by atoms with Crippen LogP contribution in [0.15, 0.2) is 0 Å². The van der Waals surface area contributed by atoms with Crippen LogP contribution in [0.1, 0.15) is 6.92 Å². The first-order valence-electron chi connectivity index (χ1n) is 2.92. The molecular weight excluding hydrogens is 189 g/mol. The minimum absolute atomic E-state index is 0.0258. The van der Waals surface area contributed by atoms with E-state index in [0.29, 0.717) is 6.61 Å². The molecule has 0 N–H and O–H groups in total. The maximum atomic E-state index is 5.56. The number of rotatable bonds is 2. The average Bonchev–Trinajstić information content (AvgIpc) is 1.98. The summed E-state index contributed by atoms with van der Waals surface area (Å²) < 4.78 is 4.99. The maximum Gasteiger partial charge on any atom is 0.256 e. The van der Waals surface area contributed by atoms with Crippen molar-refractivity contribution in [2.75, 3.05) is 6.61 Å². The summed E-state index contributed by atoms with van der Waals surface area (Å²) in [7, 11) is 0. The number of hydrogen-bond donors (Lipinski definition) is 0. The average molecular weight is 194 g/mol. The van der Waals surface area contributed by atoms with Gasteiger partial charge in [0.05, 0.1) is 6.61 Å². The van der Waals surface area contributed by atoms with Crippen molar-refractivity contribution in [3.05, 3.63) is 10.4 Å². The highest BCUT2D eigenvalue weighted by Gasteiger charge is 2.05. The zero-order chi connectivity index (χ0) is 8.27. The molecule has 0 fully saturated rings. The van der Waals surface area contributed by atoms with E-state index in [1.165, 1.54) is 0 Å². The van der Waals surface area contributed by atoms with Crippen LogP contribution in [0.4, 0.5) is 0 Å². The normalized spacial score (nSPS) is 9.73. The molecule has 0 saturated heterocycles. The van der Waals surface area contributed by atoms with Crippen LogP contribution >= 0.6 is 23.2 Å². The fourth-order valence-corrected chi connectivity index (χ4v) is 0.758. The molecule has 0 aliphatic heterocycles. The summed E-state index contributed by atoms with van der Waals surface area (Å²) in [6, 6.07) is 0. The first-order chi connectivity index (χ1) is 5.24. The zero-order valence-corrected chi connectivity index (χ0v) is 7.22. The summed E-state index contributed by atoms with van der Waals surface area (Å²) in [5.41, 5.74) is 0. The van der Waals surface area contributed by atoms with Crippen molar-refractivity contribution in [3.63, 3.8) is 0 Å². The zero-order valence-electron chi connectivity index (χ0n) is 5.71. The molecule has 0 bridgehead atoms. The minimum Gasteiger partial charge on any atom is -0.476 e. The Balaban J connectivity index is 2.93. The van der Waals surface area contributed by atoms with Gasteiger partial charge in [0.2, 0.25) is 10.4 Å². The van der Waals surface area contributed by atoms with Crippen molar-refractivity contribution in [1.29, 1.82) is 0 Å². The molecule has 0 unspecified atom stereocenters. The standard InChI is InChI=1S/C5H5Cl2N3O/c1-2-11-4-3(6)9-10-5(7)8-4/h2H2,1H3. The summed E-state index contributed by atoms with van der Waals surface area (Å²) in [6.45, 7) is 2.28. The van der Waals surface area contributed by atoms with Gasteiger partial charge in [-0.25, -0.2) is 0 Å². The molecule has 1 rings (SSSR count). The molecule has 11 heavy (non-hydrogen) atoms. The lowest BCUT2D eigenvalue weighted by molar-refractivity contribution is 0.324. The Morgan fingerprint density at radius 2 is 2.09 bits per heavy atom. The summed E-state index contributed by atoms with van der Waals surface area (Å²) in [6.07, 6.45) is 0. The second-order valence-electron chi connectivity index (χ2n) is 1.61. The fourth-order valence-electron chi connectivity index (χ4n) is 0.509. The van der Waals surface area contributed by atoms with E-state index >= 15 is 0 Å². The molecule has 0 spiro atoms. The first-order valence-corrected chi connectivity index (χ1v) is 3.68. The minimum atomic E-state index is 0.0258. The second kappa shape index (κ2) is 3.69. The molecule has 6 heteroatoms. The van der Waals surface area contributed by atoms with Gasteiger partial charge in [0.1, 0.15) is 0 Å². The van der Waals surface area contributed by atoms with E-state index in [0.717, 1.165) is 0 Å². The van der Waals surface area contributed by atoms with E-state index in [4.69, 9.17) is 27.9 Å². The molecule has 4 nitrogen and oxygen atoms in total. The molecule has 0 radical (unpaired) electrons. The van der Waals surface area contributed by atoms with E-state index in [1.807, 2.05) is 6.92 Å². The Morgan fingerprint density at radius 3 is 2.73 bits per heavy atom. The predicted molar refractivity (Wildman–Crippen MR) is 41.0 cm³/mol. The number of aromatic nitrogens is 3. The summed E-state index contributed by atoms with van der Waals surface area (Å²) in [4.78, 5) is 3.70. The molecule has 1 heterocycles. The van der Waals surface area contributed by atoms with Gasteiger partial charge < -0.3 is 4.74 Å². The quantitative estimate of drug-likeness (QED) is 0.716. The molecule has 1 aromatic rings. The van der Waals surface area contributed by atoms with Gasteiger partial charge >= 0.3 is 0 Å². The van der Waals surface area contributed by atoms with Crippen molar-refractivity contribution in [2.24, 2.45) is 0 Å². The number of hydrogen-bond acceptors (Lipinski definition) is 4. The molecule has 0 aliphatic rings. The van der Waals surface area contributed by atoms with Crippen LogP contribution in [-0.2, 0) is 0 Å². The maximum absolute atomic E-state index is 5.56. The van der Waals surface area contributed by atoms with Gasteiger partial charge in [0.25, 0.3) is 5.88 Å². The lowest BCUT2D eigenvalue weighted by Crippen LogP contribution is -1.98. The van der Waals surface area contributed by atoms with Crippen LogP contribution in [0.25, 0.3) is 0 Å². The van der Waals surface area contributed by atoms with E-state index in [-0.39, 0.29) is 16.3 Å². The first kappa shape index (κ1) is 8.49. The Hall–Kier alpha value is -0.610. The van der Waals surface area contributed by atoms with E-state index in [2.05, 4.69) is 15.2 Å². The van der Waals surface area contributed by atoms with Gasteiger partial charge in [-0.2, -0.15) is 4.98 Å². The number of nitrogens with zero attached hydrogens (tertiary/aromatic N) is 3. The Kier molecular flexibility index (Phi) is 2.84. The molecule has 0 atom stereocenters. The molecule has 0 saturated carbocycles. The topological polar surface area (TPSA) is 47.9 Å². The van der Waals surface area contributed by atoms with Crippen LogP contribution in [0.5, 0.6) is 5.88 Å². The Labute approximate surface area is 73.5 Å². The highest BCUT2D eigenvalue weighted by Crippen LogP contribution is 2.18. The lowest BCUT2D eigenvalue weighted by atomic mass is 10.7. The molecule has 0 aliphatic carbocycles. The van der Waals surface area contributed by atoms with Crippen LogP contribution in [0.2, 0.25) is 10.4 Å². The van der Waals surface area contributed by atoms with Gasteiger partial charge in [-0.1, -0.05) is 11.6 Å². The largest absolute Gasteiger partial charge is 0.476 e. The molecular formula is C5H5Cl2N3O. The summed E-state index contributed by atoms with van der Waals surface area (Å²) in [5.74, 6) is 0.217. The summed E-state index contributed by atoms with van der Waals surface area (Å²) >= 11 is 11.0. The Morgan fingerprint density at radius 1 is 1.36 bits per heavy atom. The monoisotopic (exact) mass is 193 g/mol. The van der Waals surface area contributed by atoms with E-state index in [1.54, 1.807) is 0 Å². The van der Waals surface area contributed by atoms with Gasteiger partial charge in [0, 0.05) is 0 Å². The number of ether oxygens (including phenoxy) is 1. The van der Waals surface area contributed by atoms with Crippen molar-refractivity contribution in [3.8, 4) is 5.88 Å². The van der Waals surface area contributed by atoms with Crippen LogP contribution in [0, 0.1) is 0 Å². The van der Waals surface area contributed by atoms with E-state index in [9.17, 15) is 0 Å². The predicted octanol–water partition coefficient (Wildman–Crippen LogP) is 1.58. The molecule has 0 amide bonds. The Bertz CT molecular complexity index is 255. The number of halogens is 2. The third-order valence-corrected chi connectivity index (χ3v) is 1.27. The molecule has 0 aromatic carbocycles.